The van der Waals surface area contributed by atoms with Gasteiger partial charge < -0.3 is 14.4 Å². The van der Waals surface area contributed by atoms with Gasteiger partial charge in [0.25, 0.3) is 0 Å². The Balaban J connectivity index is 4.04. The van der Waals surface area contributed by atoms with E-state index >= 15 is 0 Å². The maximum Gasteiger partial charge on any atom is 0.417 e. The molecule has 0 rings (SSSR count). The van der Waals surface area contributed by atoms with E-state index in [0.29, 0.717) is 0 Å². The Kier molecular flexibility index (Phi) is 5.77. The van der Waals surface area contributed by atoms with E-state index in [2.05, 4.69) is 9.47 Å². The molecule has 0 aliphatic carbocycles. The maximum atomic E-state index is 10.9. The first-order chi connectivity index (χ1) is 6.97. The van der Waals surface area contributed by atoms with Gasteiger partial charge in [-0.15, -0.1) is 0 Å². The Labute approximate surface area is 87.4 Å². The second-order valence-electron chi connectivity index (χ2n) is 2.67. The predicted molar refractivity (Wildman–Crippen MR) is 50.9 cm³/mol. The number of carbonyl (C=O) groups excluding carboxylic acids is 3. The van der Waals surface area contributed by atoms with Crippen LogP contribution in [-0.2, 0) is 19.1 Å². The van der Waals surface area contributed by atoms with Crippen LogP contribution in [0.5, 0.6) is 0 Å². The topological polar surface area (TPSA) is 72.9 Å². The first kappa shape index (κ1) is 13.2. The molecule has 0 fully saturated rings. The van der Waals surface area contributed by atoms with Gasteiger partial charge >= 0.3 is 18.0 Å². The van der Waals surface area contributed by atoms with Crippen molar-refractivity contribution >= 4 is 18.0 Å². The maximum absolute atomic E-state index is 10.9. The van der Waals surface area contributed by atoms with Crippen LogP contribution in [0, 0.1) is 0 Å². The number of rotatable bonds is 3. The zero-order valence-corrected chi connectivity index (χ0v) is 8.85. The second kappa shape index (κ2) is 6.58. The Bertz CT molecular complexity index is 282. The van der Waals surface area contributed by atoms with Gasteiger partial charge in [-0.3, -0.25) is 0 Å². The lowest BCUT2D eigenvalue weighted by molar-refractivity contribution is -0.138. The van der Waals surface area contributed by atoms with E-state index in [4.69, 9.17) is 0 Å². The summed E-state index contributed by atoms with van der Waals surface area (Å²) >= 11 is 0. The minimum Gasteiger partial charge on any atom is -0.463 e. The molecule has 0 aromatic rings. The number of carbonyl (C=O) groups is 3. The summed E-state index contributed by atoms with van der Waals surface area (Å²) in [5.41, 5.74) is 0. The highest BCUT2D eigenvalue weighted by Crippen LogP contribution is 1.89. The molecule has 0 radical (unpaired) electrons. The summed E-state index contributed by atoms with van der Waals surface area (Å²) in [6, 6.07) is 0. The van der Waals surface area contributed by atoms with Gasteiger partial charge in [-0.25, -0.2) is 14.4 Å². The summed E-state index contributed by atoms with van der Waals surface area (Å²) in [7, 11) is 2.87. The zero-order valence-electron chi connectivity index (χ0n) is 8.85. The Morgan fingerprint density at radius 3 is 2.13 bits per heavy atom. The van der Waals surface area contributed by atoms with E-state index in [0.717, 1.165) is 17.1 Å². The van der Waals surface area contributed by atoms with Crippen molar-refractivity contribution in [3.05, 3.63) is 12.2 Å². The van der Waals surface area contributed by atoms with E-state index in [-0.39, 0.29) is 6.61 Å². The number of esters is 2. The third kappa shape index (κ3) is 6.25. The molecule has 0 saturated carbocycles. The number of ether oxygens (including phenoxy) is 2. The Hall–Kier alpha value is -1.85. The van der Waals surface area contributed by atoms with Crippen molar-refractivity contribution in [2.24, 2.45) is 0 Å². The van der Waals surface area contributed by atoms with Crippen molar-refractivity contribution in [3.8, 4) is 0 Å². The first-order valence-electron chi connectivity index (χ1n) is 4.25. The van der Waals surface area contributed by atoms with E-state index < -0.39 is 18.0 Å². The van der Waals surface area contributed by atoms with Crippen LogP contribution in [0.2, 0.25) is 0 Å². The van der Waals surface area contributed by atoms with Gasteiger partial charge in [0, 0.05) is 26.2 Å². The molecule has 0 unspecified atom stereocenters. The second-order valence-corrected chi connectivity index (χ2v) is 2.67. The number of nitrogens with zero attached hydrogens (tertiary/aromatic N) is 1. The average Bonchev–Trinajstić information content (AvgIpc) is 2.15. The van der Waals surface area contributed by atoms with Crippen molar-refractivity contribution in [1.82, 2.24) is 4.90 Å². The molecule has 0 bridgehead atoms. The van der Waals surface area contributed by atoms with E-state index in [1.165, 1.54) is 14.1 Å². The molecule has 0 atom stereocenters. The fourth-order valence-corrected chi connectivity index (χ4v) is 0.538. The molecular weight excluding hydrogens is 202 g/mol. The molecular formula is C9H13NO5. The third-order valence-electron chi connectivity index (χ3n) is 1.20. The summed E-state index contributed by atoms with van der Waals surface area (Å²) in [6.45, 7) is 1.86. The van der Waals surface area contributed by atoms with Gasteiger partial charge in [0.05, 0.1) is 6.61 Å². The number of hydrogen-bond donors (Lipinski definition) is 0. The van der Waals surface area contributed by atoms with Crippen LogP contribution in [0.3, 0.4) is 0 Å². The molecule has 6 heteroatoms. The van der Waals surface area contributed by atoms with Crippen LogP contribution in [0.4, 0.5) is 4.79 Å². The van der Waals surface area contributed by atoms with E-state index in [9.17, 15) is 14.4 Å². The predicted octanol–water partition coefficient (Wildman–Crippen LogP) is 0.331. The summed E-state index contributed by atoms with van der Waals surface area (Å²) in [4.78, 5) is 33.6. The quantitative estimate of drug-likeness (QED) is 0.385. The van der Waals surface area contributed by atoms with Gasteiger partial charge in [0.15, 0.2) is 0 Å². The lowest BCUT2D eigenvalue weighted by Gasteiger charge is -2.07. The summed E-state index contributed by atoms with van der Waals surface area (Å²) < 4.78 is 8.81. The molecule has 0 aliphatic heterocycles. The lowest BCUT2D eigenvalue weighted by Crippen LogP contribution is -2.24. The van der Waals surface area contributed by atoms with Crippen LogP contribution in [0.15, 0.2) is 12.2 Å². The zero-order chi connectivity index (χ0) is 11.8. The SMILES string of the molecule is CCOC(=O)/C=C/C(=O)OC(=O)N(C)C. The Morgan fingerprint density at radius 2 is 1.67 bits per heavy atom. The van der Waals surface area contributed by atoms with Crippen LogP contribution in [-0.4, -0.2) is 43.6 Å². The molecule has 0 aliphatic rings. The molecule has 0 aromatic heterocycles. The van der Waals surface area contributed by atoms with Crippen molar-refractivity contribution in [2.75, 3.05) is 20.7 Å². The van der Waals surface area contributed by atoms with Crippen molar-refractivity contribution in [1.29, 1.82) is 0 Å². The van der Waals surface area contributed by atoms with Crippen molar-refractivity contribution in [2.45, 2.75) is 6.92 Å². The van der Waals surface area contributed by atoms with Gasteiger partial charge in [-0.1, -0.05) is 0 Å². The molecule has 1 amide bonds. The van der Waals surface area contributed by atoms with Crippen molar-refractivity contribution in [3.63, 3.8) is 0 Å². The number of hydrogen-bond acceptors (Lipinski definition) is 5. The standard InChI is InChI=1S/C9H13NO5/c1-4-14-7(11)5-6-8(12)15-9(13)10(2)3/h5-6H,4H2,1-3H3/b6-5+. The average molecular weight is 215 g/mol. The molecule has 0 N–H and O–H groups in total. The van der Waals surface area contributed by atoms with E-state index in [1.54, 1.807) is 6.92 Å². The van der Waals surface area contributed by atoms with Crippen LogP contribution < -0.4 is 0 Å². The van der Waals surface area contributed by atoms with Gasteiger partial charge in [-0.05, 0) is 6.92 Å². The van der Waals surface area contributed by atoms with Crippen LogP contribution >= 0.6 is 0 Å². The Morgan fingerprint density at radius 1 is 1.13 bits per heavy atom. The van der Waals surface area contributed by atoms with Gasteiger partial charge in [-0.2, -0.15) is 0 Å². The fourth-order valence-electron chi connectivity index (χ4n) is 0.538. The number of amides is 1. The molecule has 0 aromatic carbocycles. The highest BCUT2D eigenvalue weighted by molar-refractivity contribution is 5.96. The lowest BCUT2D eigenvalue weighted by atomic mass is 10.5. The van der Waals surface area contributed by atoms with E-state index in [1.807, 2.05) is 0 Å². The largest absolute Gasteiger partial charge is 0.463 e. The fraction of sp³-hybridized carbons (Fsp3) is 0.444. The summed E-state index contributed by atoms with van der Waals surface area (Å²) in [5.74, 6) is -1.58. The molecule has 6 nitrogen and oxygen atoms in total. The highest BCUT2D eigenvalue weighted by Gasteiger charge is 2.09. The smallest absolute Gasteiger partial charge is 0.417 e. The molecule has 84 valence electrons. The first-order valence-corrected chi connectivity index (χ1v) is 4.25. The molecule has 15 heavy (non-hydrogen) atoms. The van der Waals surface area contributed by atoms with Crippen molar-refractivity contribution < 1.29 is 23.9 Å². The summed E-state index contributed by atoms with van der Waals surface area (Å²) in [5, 5.41) is 0. The summed E-state index contributed by atoms with van der Waals surface area (Å²) in [6.07, 6.45) is 0.933. The normalized spacial score (nSPS) is 9.80. The van der Waals surface area contributed by atoms with Gasteiger partial charge in [0.1, 0.15) is 0 Å². The third-order valence-corrected chi connectivity index (χ3v) is 1.20. The highest BCUT2D eigenvalue weighted by atomic mass is 16.6. The molecule has 0 saturated heterocycles. The molecule has 0 spiro atoms. The molecule has 0 heterocycles. The van der Waals surface area contributed by atoms with Gasteiger partial charge in [0.2, 0.25) is 0 Å². The minimum atomic E-state index is -0.915. The van der Waals surface area contributed by atoms with Crippen LogP contribution in [0.1, 0.15) is 6.92 Å². The minimum absolute atomic E-state index is 0.217. The monoisotopic (exact) mass is 215 g/mol. The van der Waals surface area contributed by atoms with Crippen LogP contribution in [0.25, 0.3) is 0 Å².